The van der Waals surface area contributed by atoms with E-state index in [9.17, 15) is 0 Å². The summed E-state index contributed by atoms with van der Waals surface area (Å²) in [5.74, 6) is 1.06. The van der Waals surface area contributed by atoms with Crippen LogP contribution in [-0.2, 0) is 0 Å². The second kappa shape index (κ2) is 5.24. The summed E-state index contributed by atoms with van der Waals surface area (Å²) in [5, 5.41) is 4.30. The van der Waals surface area contributed by atoms with Crippen LogP contribution in [0.2, 0.25) is 15.2 Å². The maximum Gasteiger partial charge on any atom is 0.150 e. The zero-order valence-electron chi connectivity index (χ0n) is 8.81. The number of halogens is 3. The van der Waals surface area contributed by atoms with Crippen molar-refractivity contribution in [3.8, 4) is 0 Å². The summed E-state index contributed by atoms with van der Waals surface area (Å²) in [6, 6.07) is 1.86. The predicted molar refractivity (Wildman–Crippen MR) is 67.2 cm³/mol. The summed E-state index contributed by atoms with van der Waals surface area (Å²) in [4.78, 5) is 4.09. The molecule has 0 saturated carbocycles. The van der Waals surface area contributed by atoms with Crippen molar-refractivity contribution in [3.05, 3.63) is 21.3 Å². The van der Waals surface area contributed by atoms with Gasteiger partial charge in [-0.05, 0) is 18.9 Å². The quantitative estimate of drug-likeness (QED) is 0.816. The third kappa shape index (κ3) is 3.40. The number of rotatable bonds is 3. The van der Waals surface area contributed by atoms with E-state index < -0.39 is 0 Å². The third-order valence-electron chi connectivity index (χ3n) is 2.25. The molecule has 1 aromatic heterocycles. The van der Waals surface area contributed by atoms with Gasteiger partial charge >= 0.3 is 0 Å². The van der Waals surface area contributed by atoms with Crippen molar-refractivity contribution in [3.63, 3.8) is 0 Å². The van der Waals surface area contributed by atoms with E-state index in [1.54, 1.807) is 6.07 Å². The smallest absolute Gasteiger partial charge is 0.150 e. The van der Waals surface area contributed by atoms with Crippen LogP contribution >= 0.6 is 34.8 Å². The SMILES string of the molecule is CC(C)C(C)Nc1nc(Cl)c(Cl)cc1Cl. The number of hydrogen-bond acceptors (Lipinski definition) is 2. The van der Waals surface area contributed by atoms with E-state index in [2.05, 4.69) is 31.1 Å². The summed E-state index contributed by atoms with van der Waals surface area (Å²) in [5.41, 5.74) is 0. The van der Waals surface area contributed by atoms with Gasteiger partial charge in [-0.1, -0.05) is 48.7 Å². The second-order valence-electron chi connectivity index (χ2n) is 3.77. The highest BCUT2D eigenvalue weighted by molar-refractivity contribution is 6.42. The topological polar surface area (TPSA) is 24.9 Å². The molecular formula is C10H13Cl3N2. The van der Waals surface area contributed by atoms with Gasteiger partial charge in [0.05, 0.1) is 10.0 Å². The van der Waals surface area contributed by atoms with E-state index >= 15 is 0 Å². The Kier molecular flexibility index (Phi) is 4.50. The molecule has 1 N–H and O–H groups in total. The summed E-state index contributed by atoms with van der Waals surface area (Å²) < 4.78 is 0. The number of nitrogens with one attached hydrogen (secondary N) is 1. The first kappa shape index (κ1) is 12.9. The van der Waals surface area contributed by atoms with Crippen LogP contribution in [0.25, 0.3) is 0 Å². The lowest BCUT2D eigenvalue weighted by Crippen LogP contribution is -2.22. The van der Waals surface area contributed by atoms with Crippen LogP contribution in [-0.4, -0.2) is 11.0 Å². The average Bonchev–Trinajstić information content (AvgIpc) is 2.13. The van der Waals surface area contributed by atoms with Crippen molar-refractivity contribution in [1.29, 1.82) is 0 Å². The lowest BCUT2D eigenvalue weighted by atomic mass is 10.1. The molecule has 0 amide bonds. The Morgan fingerprint density at radius 3 is 2.27 bits per heavy atom. The first-order valence-corrected chi connectivity index (χ1v) is 5.83. The number of nitrogens with zero attached hydrogens (tertiary/aromatic N) is 1. The number of pyridine rings is 1. The van der Waals surface area contributed by atoms with Crippen molar-refractivity contribution >= 4 is 40.6 Å². The average molecular weight is 268 g/mol. The van der Waals surface area contributed by atoms with Crippen LogP contribution in [0.4, 0.5) is 5.82 Å². The standard InChI is InChI=1S/C10H13Cl3N2/c1-5(2)6(3)14-10-8(12)4-7(11)9(13)15-10/h4-6H,1-3H3,(H,14,15). The Morgan fingerprint density at radius 1 is 1.13 bits per heavy atom. The molecule has 1 aromatic rings. The van der Waals surface area contributed by atoms with Crippen molar-refractivity contribution in [2.45, 2.75) is 26.8 Å². The van der Waals surface area contributed by atoms with Gasteiger partial charge in [-0.25, -0.2) is 4.98 Å². The zero-order valence-corrected chi connectivity index (χ0v) is 11.1. The van der Waals surface area contributed by atoms with E-state index in [0.29, 0.717) is 21.8 Å². The van der Waals surface area contributed by atoms with Crippen molar-refractivity contribution < 1.29 is 0 Å². The molecule has 0 spiro atoms. The lowest BCUT2D eigenvalue weighted by Gasteiger charge is -2.19. The van der Waals surface area contributed by atoms with Gasteiger partial charge in [-0.3, -0.25) is 0 Å². The van der Waals surface area contributed by atoms with Crippen molar-refractivity contribution in [2.24, 2.45) is 5.92 Å². The van der Waals surface area contributed by atoms with Gasteiger partial charge < -0.3 is 5.32 Å². The predicted octanol–water partition coefficient (Wildman–Crippen LogP) is 4.50. The highest BCUT2D eigenvalue weighted by Gasteiger charge is 2.12. The van der Waals surface area contributed by atoms with Crippen LogP contribution in [0.3, 0.4) is 0 Å². The van der Waals surface area contributed by atoms with Gasteiger partial charge in [0, 0.05) is 6.04 Å². The molecular weight excluding hydrogens is 254 g/mol. The molecule has 1 heterocycles. The summed E-state index contributed by atoms with van der Waals surface area (Å²) >= 11 is 17.6. The molecule has 0 bridgehead atoms. The summed E-state index contributed by atoms with van der Waals surface area (Å²) in [6.45, 7) is 6.29. The van der Waals surface area contributed by atoms with Crippen LogP contribution in [0.15, 0.2) is 6.07 Å². The summed E-state index contributed by atoms with van der Waals surface area (Å²) in [6.07, 6.45) is 0. The first-order chi connectivity index (χ1) is 6.91. The van der Waals surface area contributed by atoms with E-state index in [4.69, 9.17) is 34.8 Å². The Labute approximate surface area is 105 Å². The molecule has 0 aromatic carbocycles. The monoisotopic (exact) mass is 266 g/mol. The largest absolute Gasteiger partial charge is 0.366 e. The molecule has 1 unspecified atom stereocenters. The molecule has 0 aliphatic carbocycles. The van der Waals surface area contributed by atoms with Crippen molar-refractivity contribution in [1.82, 2.24) is 4.98 Å². The van der Waals surface area contributed by atoms with Crippen LogP contribution in [0, 0.1) is 5.92 Å². The van der Waals surface area contributed by atoms with E-state index in [1.807, 2.05) is 0 Å². The molecule has 2 nitrogen and oxygen atoms in total. The molecule has 5 heteroatoms. The maximum atomic E-state index is 5.98. The van der Waals surface area contributed by atoms with Crippen LogP contribution in [0.1, 0.15) is 20.8 Å². The third-order valence-corrected chi connectivity index (χ3v) is 3.21. The molecule has 0 saturated heterocycles. The summed E-state index contributed by atoms with van der Waals surface area (Å²) in [7, 11) is 0. The number of aromatic nitrogens is 1. The maximum absolute atomic E-state index is 5.98. The van der Waals surface area contributed by atoms with E-state index in [-0.39, 0.29) is 11.2 Å². The molecule has 1 atom stereocenters. The Morgan fingerprint density at radius 2 is 1.73 bits per heavy atom. The number of hydrogen-bond donors (Lipinski definition) is 1. The molecule has 84 valence electrons. The normalized spacial score (nSPS) is 13.0. The lowest BCUT2D eigenvalue weighted by molar-refractivity contribution is 0.558. The van der Waals surface area contributed by atoms with E-state index in [1.165, 1.54) is 0 Å². The Balaban J connectivity index is 2.91. The fourth-order valence-corrected chi connectivity index (χ4v) is 1.48. The van der Waals surface area contributed by atoms with Gasteiger partial charge in [0.1, 0.15) is 11.0 Å². The minimum Gasteiger partial charge on any atom is -0.366 e. The second-order valence-corrected chi connectivity index (χ2v) is 4.94. The minimum atomic E-state index is 0.263. The highest BCUT2D eigenvalue weighted by atomic mass is 35.5. The van der Waals surface area contributed by atoms with Gasteiger partial charge in [-0.15, -0.1) is 0 Å². The fraction of sp³-hybridized carbons (Fsp3) is 0.500. The number of anilines is 1. The van der Waals surface area contributed by atoms with Gasteiger partial charge in [0.25, 0.3) is 0 Å². The molecule has 15 heavy (non-hydrogen) atoms. The molecule has 0 aliphatic heterocycles. The molecule has 0 radical (unpaired) electrons. The van der Waals surface area contributed by atoms with E-state index in [0.717, 1.165) is 0 Å². The van der Waals surface area contributed by atoms with Gasteiger partial charge in [0.2, 0.25) is 0 Å². The molecule has 0 aliphatic rings. The minimum absolute atomic E-state index is 0.263. The van der Waals surface area contributed by atoms with Crippen LogP contribution < -0.4 is 5.32 Å². The van der Waals surface area contributed by atoms with Gasteiger partial charge in [0.15, 0.2) is 0 Å². The molecule has 1 rings (SSSR count). The zero-order chi connectivity index (χ0) is 11.6. The Hall–Kier alpha value is -0.180. The fourth-order valence-electron chi connectivity index (χ4n) is 0.928. The van der Waals surface area contributed by atoms with Crippen molar-refractivity contribution in [2.75, 3.05) is 5.32 Å². The highest BCUT2D eigenvalue weighted by Crippen LogP contribution is 2.29. The Bertz CT molecular complexity index is 353. The first-order valence-electron chi connectivity index (χ1n) is 4.70. The molecule has 0 fully saturated rings. The van der Waals surface area contributed by atoms with Gasteiger partial charge in [-0.2, -0.15) is 0 Å². The van der Waals surface area contributed by atoms with Crippen LogP contribution in [0.5, 0.6) is 0 Å².